The van der Waals surface area contributed by atoms with Crippen LogP contribution >= 0.6 is 0 Å². The molecule has 1 nitrogen and oxygen atoms in total. The number of rotatable bonds is 1. The van der Waals surface area contributed by atoms with Crippen LogP contribution in [0, 0.1) is 48.5 Å². The van der Waals surface area contributed by atoms with Gasteiger partial charge >= 0.3 is 0 Å². The number of benzene rings is 3. The molecule has 0 amide bonds. The Bertz CT molecular complexity index is 1660. The average molecular weight is 406 g/mol. The van der Waals surface area contributed by atoms with Crippen LogP contribution in [0.3, 0.4) is 0 Å². The van der Waals surface area contributed by atoms with Crippen molar-refractivity contribution >= 4 is 50.7 Å². The van der Waals surface area contributed by atoms with Crippen molar-refractivity contribution in [2.75, 3.05) is 0 Å². The second kappa shape index (κ2) is 6.47. The second-order valence-corrected chi connectivity index (χ2v) is 9.32. The third-order valence-corrected chi connectivity index (χ3v) is 7.76. The maximum absolute atomic E-state index is 4.67. The van der Waals surface area contributed by atoms with E-state index in [0.717, 1.165) is 5.22 Å². The summed E-state index contributed by atoms with van der Waals surface area (Å²) in [7, 11) is 0. The molecule has 3 aromatic carbocycles. The molecule has 0 N–H and O–H groups in total. The molecular formula is C30H31N. The molecule has 1 heteroatoms. The number of hydrogen-bond donors (Lipinski definition) is 0. The number of allylic oxidation sites excluding steroid dienone is 1. The Morgan fingerprint density at radius 2 is 1.35 bits per heavy atom. The van der Waals surface area contributed by atoms with E-state index in [4.69, 9.17) is 0 Å². The van der Waals surface area contributed by atoms with Crippen LogP contribution in [-0.2, 0) is 0 Å². The fourth-order valence-corrected chi connectivity index (χ4v) is 5.77. The Balaban J connectivity index is 2.34. The van der Waals surface area contributed by atoms with E-state index in [1.165, 1.54) is 82.6 Å². The number of aryl methyl sites for hydroxylation is 5. The molecule has 2 aromatic heterocycles. The summed E-state index contributed by atoms with van der Waals surface area (Å²) in [4.78, 5) is 0. The van der Waals surface area contributed by atoms with E-state index in [1.54, 1.807) is 0 Å². The average Bonchev–Trinajstić information content (AvgIpc) is 3.08. The van der Waals surface area contributed by atoms with Gasteiger partial charge in [0.15, 0.2) is 0 Å². The molecule has 0 saturated carbocycles. The second-order valence-electron chi connectivity index (χ2n) is 9.32. The number of pyridine rings is 1. The van der Waals surface area contributed by atoms with Crippen molar-refractivity contribution < 1.29 is 0 Å². The van der Waals surface area contributed by atoms with Crippen LogP contribution in [0.5, 0.6) is 0 Å². The van der Waals surface area contributed by atoms with Gasteiger partial charge in [-0.15, -0.1) is 0 Å². The monoisotopic (exact) mass is 405 g/mol. The van der Waals surface area contributed by atoms with Crippen LogP contribution in [0.2, 0.25) is 0 Å². The lowest BCUT2D eigenvalue weighted by atomic mass is 9.93. The Morgan fingerprint density at radius 3 is 2.03 bits per heavy atom. The van der Waals surface area contributed by atoms with Gasteiger partial charge in [0.05, 0.1) is 16.6 Å². The largest absolute Gasteiger partial charge is 0.307 e. The first-order valence-corrected chi connectivity index (χ1v) is 11.2. The molecule has 5 aromatic rings. The molecule has 0 radical (unpaired) electrons. The lowest BCUT2D eigenvalue weighted by Crippen LogP contribution is -2.11. The fourth-order valence-electron chi connectivity index (χ4n) is 5.77. The molecule has 0 fully saturated rings. The highest BCUT2D eigenvalue weighted by molar-refractivity contribution is 6.21. The van der Waals surface area contributed by atoms with Crippen molar-refractivity contribution in [2.24, 2.45) is 0 Å². The fraction of sp³-hybridized carbons (Fsp3) is 0.267. The summed E-state index contributed by atoms with van der Waals surface area (Å²) in [6.45, 7) is 22.6. The minimum Gasteiger partial charge on any atom is -0.307 e. The first kappa shape index (κ1) is 19.9. The third kappa shape index (κ3) is 2.32. The van der Waals surface area contributed by atoms with Crippen molar-refractivity contribution in [1.29, 1.82) is 0 Å². The molecule has 0 bridgehead atoms. The Kier molecular flexibility index (Phi) is 4.15. The zero-order valence-corrected chi connectivity index (χ0v) is 20.0. The predicted octanol–water partition coefficient (Wildman–Crippen LogP) is 7.72. The lowest BCUT2D eigenvalue weighted by molar-refractivity contribution is 1.21. The predicted molar refractivity (Wildman–Crippen MR) is 139 cm³/mol. The van der Waals surface area contributed by atoms with Gasteiger partial charge in [-0.3, -0.25) is 0 Å². The molecule has 2 heterocycles. The molecular weight excluding hydrogens is 374 g/mol. The normalized spacial score (nSPS) is 12.5. The SMILES string of the molecule is C=c1c2c(C)c(C)cc(C)c2n2c3c(C)c(C)c(C)c(C)c3c3ccc(/C=C\C)c1c32. The zero-order valence-electron chi connectivity index (χ0n) is 20.0. The summed E-state index contributed by atoms with van der Waals surface area (Å²) in [6.07, 6.45) is 4.35. The minimum atomic E-state index is 1.15. The van der Waals surface area contributed by atoms with Gasteiger partial charge in [-0.05, 0) is 105 Å². The maximum atomic E-state index is 4.67. The van der Waals surface area contributed by atoms with Gasteiger partial charge in [0.2, 0.25) is 0 Å². The van der Waals surface area contributed by atoms with Gasteiger partial charge in [0, 0.05) is 21.5 Å². The first-order valence-electron chi connectivity index (χ1n) is 11.2. The summed E-state index contributed by atoms with van der Waals surface area (Å²) in [5.41, 5.74) is 14.8. The minimum absolute atomic E-state index is 1.15. The van der Waals surface area contributed by atoms with Gasteiger partial charge in [-0.25, -0.2) is 0 Å². The molecule has 31 heavy (non-hydrogen) atoms. The summed E-state index contributed by atoms with van der Waals surface area (Å²) in [6, 6.07) is 6.94. The van der Waals surface area contributed by atoms with Crippen molar-refractivity contribution in [2.45, 2.75) is 55.4 Å². The quantitative estimate of drug-likeness (QED) is 0.251. The maximum Gasteiger partial charge on any atom is 0.0626 e. The smallest absolute Gasteiger partial charge is 0.0626 e. The standard InChI is InChI=1S/C30H31N/c1-10-11-23-12-13-24-27-20(7)18(5)19(6)21(8)29(27)31-28-16(3)14-15(2)17(4)25(28)22(9)26(23)30(24)31/h10-14H,9H2,1-8H3/b11-10-. The van der Waals surface area contributed by atoms with Gasteiger partial charge < -0.3 is 4.40 Å². The number of aromatic nitrogens is 1. The van der Waals surface area contributed by atoms with Crippen LogP contribution < -0.4 is 5.22 Å². The molecule has 0 atom stereocenters. The van der Waals surface area contributed by atoms with Crippen molar-refractivity contribution in [1.82, 2.24) is 4.40 Å². The lowest BCUT2D eigenvalue weighted by Gasteiger charge is -2.17. The van der Waals surface area contributed by atoms with Crippen LogP contribution in [0.1, 0.15) is 51.4 Å². The van der Waals surface area contributed by atoms with Crippen LogP contribution in [-0.4, -0.2) is 4.40 Å². The highest BCUT2D eigenvalue weighted by Crippen LogP contribution is 2.41. The molecule has 0 aliphatic rings. The van der Waals surface area contributed by atoms with E-state index in [0.29, 0.717) is 0 Å². The first-order chi connectivity index (χ1) is 14.7. The zero-order chi connectivity index (χ0) is 22.4. The number of hydrogen-bond acceptors (Lipinski definition) is 0. The molecule has 0 aliphatic carbocycles. The Morgan fingerprint density at radius 1 is 0.677 bits per heavy atom. The molecule has 5 rings (SSSR count). The topological polar surface area (TPSA) is 4.41 Å². The van der Waals surface area contributed by atoms with E-state index >= 15 is 0 Å². The van der Waals surface area contributed by atoms with E-state index in [2.05, 4.69) is 96.7 Å². The Labute approximate surface area is 184 Å². The van der Waals surface area contributed by atoms with Gasteiger partial charge in [-0.1, -0.05) is 36.9 Å². The van der Waals surface area contributed by atoms with E-state index in [1.807, 2.05) is 0 Å². The summed E-state index contributed by atoms with van der Waals surface area (Å²) in [5.74, 6) is 0. The van der Waals surface area contributed by atoms with Gasteiger partial charge in [0.1, 0.15) is 0 Å². The summed E-state index contributed by atoms with van der Waals surface area (Å²) >= 11 is 0. The molecule has 0 spiro atoms. The highest BCUT2D eigenvalue weighted by atomic mass is 14.9. The molecule has 156 valence electrons. The van der Waals surface area contributed by atoms with Crippen molar-refractivity contribution in [3.63, 3.8) is 0 Å². The molecule has 0 unspecified atom stereocenters. The Hall–Kier alpha value is -3.06. The van der Waals surface area contributed by atoms with E-state index in [9.17, 15) is 0 Å². The molecule has 0 aliphatic heterocycles. The summed E-state index contributed by atoms with van der Waals surface area (Å²) in [5, 5.41) is 6.46. The van der Waals surface area contributed by atoms with Crippen molar-refractivity contribution in [3.05, 3.63) is 74.0 Å². The van der Waals surface area contributed by atoms with E-state index in [-0.39, 0.29) is 0 Å². The van der Waals surface area contributed by atoms with Crippen LogP contribution in [0.4, 0.5) is 0 Å². The third-order valence-electron chi connectivity index (χ3n) is 7.76. The highest BCUT2D eigenvalue weighted by Gasteiger charge is 2.23. The van der Waals surface area contributed by atoms with E-state index < -0.39 is 0 Å². The van der Waals surface area contributed by atoms with Crippen molar-refractivity contribution in [3.8, 4) is 0 Å². The van der Waals surface area contributed by atoms with Gasteiger partial charge in [0.25, 0.3) is 0 Å². The number of nitrogens with zero attached hydrogens (tertiary/aromatic N) is 1. The van der Waals surface area contributed by atoms with Crippen LogP contribution in [0.25, 0.3) is 50.7 Å². The van der Waals surface area contributed by atoms with Gasteiger partial charge in [-0.2, -0.15) is 0 Å². The van der Waals surface area contributed by atoms with Crippen LogP contribution in [0.15, 0.2) is 24.3 Å². The summed E-state index contributed by atoms with van der Waals surface area (Å²) < 4.78 is 2.56. The molecule has 0 saturated heterocycles. The number of fused-ring (bicyclic) bond motifs is 5.